The van der Waals surface area contributed by atoms with Crippen molar-refractivity contribution in [3.8, 4) is 0 Å². The summed E-state index contributed by atoms with van der Waals surface area (Å²) in [5.41, 5.74) is 3.20. The van der Waals surface area contributed by atoms with E-state index in [2.05, 4.69) is 48.1 Å². The van der Waals surface area contributed by atoms with Crippen molar-refractivity contribution in [3.63, 3.8) is 0 Å². The minimum absolute atomic E-state index is 0.153. The van der Waals surface area contributed by atoms with Crippen LogP contribution in [0.3, 0.4) is 0 Å². The Morgan fingerprint density at radius 3 is 2.67 bits per heavy atom. The predicted octanol–water partition coefficient (Wildman–Crippen LogP) is 3.38. The minimum Gasteiger partial charge on any atom is -0.365 e. The van der Waals surface area contributed by atoms with Crippen molar-refractivity contribution < 1.29 is 9.53 Å². The normalized spacial score (nSPS) is 13.1. The van der Waals surface area contributed by atoms with Crippen LogP contribution in [0.4, 0.5) is 0 Å². The molecule has 24 heavy (non-hydrogen) atoms. The number of amides is 1. The monoisotopic (exact) mass is 324 g/mol. The van der Waals surface area contributed by atoms with E-state index >= 15 is 0 Å². The Labute approximate surface area is 143 Å². The molecule has 0 aliphatic carbocycles. The van der Waals surface area contributed by atoms with Crippen LogP contribution in [0.15, 0.2) is 61.3 Å². The predicted molar refractivity (Wildman–Crippen MR) is 95.6 cm³/mol. The smallest absolute Gasteiger partial charge is 0.249 e. The first-order chi connectivity index (χ1) is 11.6. The highest BCUT2D eigenvalue weighted by Crippen LogP contribution is 2.17. The number of carbonyl (C=O) groups is 1. The van der Waals surface area contributed by atoms with Crippen LogP contribution in [0.5, 0.6) is 0 Å². The van der Waals surface area contributed by atoms with E-state index < -0.39 is 6.10 Å². The molecular formula is C20H24N2O2. The quantitative estimate of drug-likeness (QED) is 0.757. The number of carbonyl (C=O) groups excluding carboxylic acids is 1. The van der Waals surface area contributed by atoms with Gasteiger partial charge in [0.25, 0.3) is 0 Å². The molecule has 0 bridgehead atoms. The summed E-state index contributed by atoms with van der Waals surface area (Å²) in [5, 5.41) is 3.04. The van der Waals surface area contributed by atoms with Gasteiger partial charge in [0, 0.05) is 6.20 Å². The van der Waals surface area contributed by atoms with Gasteiger partial charge < -0.3 is 10.1 Å². The molecule has 2 aromatic rings. The van der Waals surface area contributed by atoms with Crippen molar-refractivity contribution >= 4 is 5.91 Å². The number of benzene rings is 1. The highest BCUT2D eigenvalue weighted by molar-refractivity contribution is 5.80. The van der Waals surface area contributed by atoms with E-state index in [1.807, 2.05) is 18.2 Å². The standard InChI is InChI=1S/C20H24N2O2/c1-4-13-24-16(3)20(23)22-19(18-7-5-6-12-21-18)14-17-10-8-15(2)9-11-17/h4-12,16,19H,1,13-14H2,2-3H3,(H,22,23)/t16-,19+/m1/s1. The summed E-state index contributed by atoms with van der Waals surface area (Å²) >= 11 is 0. The molecule has 4 heteroatoms. The average Bonchev–Trinajstić information content (AvgIpc) is 2.61. The van der Waals surface area contributed by atoms with Crippen molar-refractivity contribution in [2.24, 2.45) is 0 Å². The van der Waals surface area contributed by atoms with Crippen LogP contribution in [-0.4, -0.2) is 23.6 Å². The largest absolute Gasteiger partial charge is 0.365 e. The highest BCUT2D eigenvalue weighted by Gasteiger charge is 2.20. The first-order valence-corrected chi connectivity index (χ1v) is 8.09. The molecule has 1 heterocycles. The van der Waals surface area contributed by atoms with Gasteiger partial charge in [-0.2, -0.15) is 0 Å². The third kappa shape index (κ3) is 5.32. The minimum atomic E-state index is -0.535. The lowest BCUT2D eigenvalue weighted by atomic mass is 10.0. The SMILES string of the molecule is C=CCO[C@H](C)C(=O)N[C@@H](Cc1ccc(C)cc1)c1ccccn1. The van der Waals surface area contributed by atoms with Gasteiger partial charge in [-0.25, -0.2) is 0 Å². The van der Waals surface area contributed by atoms with Gasteiger partial charge in [0.1, 0.15) is 6.10 Å². The molecule has 0 radical (unpaired) electrons. The Balaban J connectivity index is 2.12. The molecule has 1 aromatic carbocycles. The second-order valence-corrected chi connectivity index (χ2v) is 5.77. The number of hydrogen-bond donors (Lipinski definition) is 1. The van der Waals surface area contributed by atoms with Crippen molar-refractivity contribution in [1.29, 1.82) is 0 Å². The molecule has 1 N–H and O–H groups in total. The van der Waals surface area contributed by atoms with E-state index in [9.17, 15) is 4.79 Å². The average molecular weight is 324 g/mol. The number of rotatable bonds is 8. The zero-order valence-corrected chi connectivity index (χ0v) is 14.2. The number of pyridine rings is 1. The van der Waals surface area contributed by atoms with Gasteiger partial charge in [0.15, 0.2) is 0 Å². The molecule has 0 spiro atoms. The van der Waals surface area contributed by atoms with Gasteiger partial charge in [-0.3, -0.25) is 9.78 Å². The molecule has 0 aliphatic rings. The van der Waals surface area contributed by atoms with Gasteiger partial charge in [-0.15, -0.1) is 6.58 Å². The third-order valence-electron chi connectivity index (χ3n) is 3.76. The molecule has 0 unspecified atom stereocenters. The summed E-state index contributed by atoms with van der Waals surface area (Å²) in [6.07, 6.45) is 3.51. The Bertz CT molecular complexity index is 653. The summed E-state index contributed by atoms with van der Waals surface area (Å²) in [4.78, 5) is 16.8. The maximum atomic E-state index is 12.4. The molecule has 1 amide bonds. The molecule has 2 atom stereocenters. The first kappa shape index (κ1) is 17.9. The number of aryl methyl sites for hydroxylation is 1. The van der Waals surface area contributed by atoms with E-state index in [0.29, 0.717) is 13.0 Å². The van der Waals surface area contributed by atoms with Gasteiger partial charge in [-0.05, 0) is 38.0 Å². The molecule has 126 valence electrons. The van der Waals surface area contributed by atoms with Crippen LogP contribution in [0.25, 0.3) is 0 Å². The van der Waals surface area contributed by atoms with Gasteiger partial charge in [0.2, 0.25) is 5.91 Å². The van der Waals surface area contributed by atoms with E-state index in [-0.39, 0.29) is 11.9 Å². The summed E-state index contributed by atoms with van der Waals surface area (Å²) in [7, 11) is 0. The van der Waals surface area contributed by atoms with Gasteiger partial charge in [-0.1, -0.05) is 42.0 Å². The molecule has 4 nitrogen and oxygen atoms in total. The fourth-order valence-corrected chi connectivity index (χ4v) is 2.35. The van der Waals surface area contributed by atoms with Crippen LogP contribution in [0.1, 0.15) is 29.8 Å². The summed E-state index contributed by atoms with van der Waals surface area (Å²) < 4.78 is 5.41. The zero-order chi connectivity index (χ0) is 17.4. The lowest BCUT2D eigenvalue weighted by molar-refractivity contribution is -0.131. The van der Waals surface area contributed by atoms with Crippen LogP contribution in [0.2, 0.25) is 0 Å². The van der Waals surface area contributed by atoms with Crippen molar-refractivity contribution in [2.75, 3.05) is 6.61 Å². The molecular weight excluding hydrogens is 300 g/mol. The summed E-state index contributed by atoms with van der Waals surface area (Å²) in [5.74, 6) is -0.153. The van der Waals surface area contributed by atoms with Crippen molar-refractivity contribution in [3.05, 3.63) is 78.1 Å². The van der Waals surface area contributed by atoms with E-state index in [1.54, 1.807) is 19.2 Å². The number of hydrogen-bond acceptors (Lipinski definition) is 3. The number of ether oxygens (including phenoxy) is 1. The Morgan fingerprint density at radius 1 is 1.29 bits per heavy atom. The lowest BCUT2D eigenvalue weighted by Gasteiger charge is -2.21. The second kappa shape index (κ2) is 8.99. The van der Waals surface area contributed by atoms with Crippen molar-refractivity contribution in [2.45, 2.75) is 32.4 Å². The Kier molecular flexibility index (Phi) is 6.70. The van der Waals surface area contributed by atoms with Crippen LogP contribution in [-0.2, 0) is 16.0 Å². The maximum absolute atomic E-state index is 12.4. The fourth-order valence-electron chi connectivity index (χ4n) is 2.35. The van der Waals surface area contributed by atoms with Gasteiger partial charge in [0.05, 0.1) is 18.3 Å². The molecule has 0 fully saturated rings. The van der Waals surface area contributed by atoms with Crippen LogP contribution in [0, 0.1) is 6.92 Å². The summed E-state index contributed by atoms with van der Waals surface area (Å²) in [6.45, 7) is 7.74. The summed E-state index contributed by atoms with van der Waals surface area (Å²) in [6, 6.07) is 13.8. The van der Waals surface area contributed by atoms with E-state index in [4.69, 9.17) is 4.74 Å². The zero-order valence-electron chi connectivity index (χ0n) is 14.2. The lowest BCUT2D eigenvalue weighted by Crippen LogP contribution is -2.38. The topological polar surface area (TPSA) is 51.2 Å². The van der Waals surface area contributed by atoms with Gasteiger partial charge >= 0.3 is 0 Å². The maximum Gasteiger partial charge on any atom is 0.249 e. The fraction of sp³-hybridized carbons (Fsp3) is 0.300. The third-order valence-corrected chi connectivity index (χ3v) is 3.76. The van der Waals surface area contributed by atoms with E-state index in [0.717, 1.165) is 11.3 Å². The molecule has 0 aliphatic heterocycles. The van der Waals surface area contributed by atoms with Crippen LogP contribution < -0.4 is 5.32 Å². The number of aromatic nitrogens is 1. The van der Waals surface area contributed by atoms with Crippen molar-refractivity contribution in [1.82, 2.24) is 10.3 Å². The molecule has 0 saturated carbocycles. The highest BCUT2D eigenvalue weighted by atomic mass is 16.5. The van der Waals surface area contributed by atoms with E-state index in [1.165, 1.54) is 5.56 Å². The second-order valence-electron chi connectivity index (χ2n) is 5.77. The number of nitrogens with zero attached hydrogens (tertiary/aromatic N) is 1. The molecule has 2 rings (SSSR count). The molecule has 1 aromatic heterocycles. The molecule has 0 saturated heterocycles. The Morgan fingerprint density at radius 2 is 2.04 bits per heavy atom. The Hall–Kier alpha value is -2.46. The number of nitrogens with one attached hydrogen (secondary N) is 1. The first-order valence-electron chi connectivity index (χ1n) is 8.09. The van der Waals surface area contributed by atoms with Crippen LogP contribution >= 0.6 is 0 Å².